The summed E-state index contributed by atoms with van der Waals surface area (Å²) in [6.07, 6.45) is 1.22. The quantitative estimate of drug-likeness (QED) is 0.654. The fourth-order valence-electron chi connectivity index (χ4n) is 1.89. The number of nitrogens with zero attached hydrogens (tertiary/aromatic N) is 2. The minimum Gasteiger partial charge on any atom is -0.363 e. The highest BCUT2D eigenvalue weighted by Crippen LogP contribution is 2.32. The third-order valence-electron chi connectivity index (χ3n) is 3.16. The largest absolute Gasteiger partial charge is 0.363 e. The Hall–Kier alpha value is -2.02. The van der Waals surface area contributed by atoms with Crippen molar-refractivity contribution in [3.63, 3.8) is 0 Å². The Morgan fingerprint density at radius 3 is 2.57 bits per heavy atom. The monoisotopic (exact) mass is 353 g/mol. The molecule has 1 unspecified atom stereocenters. The Balaban J connectivity index is 2.25. The maximum absolute atomic E-state index is 12.9. The predicted octanol–water partition coefficient (Wildman–Crippen LogP) is 4.37. The van der Waals surface area contributed by atoms with Gasteiger partial charge in [0.05, 0.1) is 9.40 Å². The van der Waals surface area contributed by atoms with Crippen LogP contribution >= 0.6 is 15.9 Å². The number of benzene rings is 1. The molecule has 0 spiro atoms. The molecule has 1 aromatic heterocycles. The molecule has 0 amide bonds. The van der Waals surface area contributed by atoms with Gasteiger partial charge in [-0.2, -0.15) is 0 Å². The second-order valence-corrected chi connectivity index (χ2v) is 5.40. The molecule has 0 bridgehead atoms. The minimum atomic E-state index is -0.472. The molecule has 110 valence electrons. The number of halogens is 2. The van der Waals surface area contributed by atoms with Gasteiger partial charge in [0.2, 0.25) is 0 Å². The Kier molecular flexibility index (Phi) is 4.52. The fraction of sp³-hybridized carbons (Fsp3) is 0.214. The molecule has 1 atom stereocenters. The molecule has 1 N–H and O–H groups in total. The van der Waals surface area contributed by atoms with E-state index in [4.69, 9.17) is 0 Å². The van der Waals surface area contributed by atoms with E-state index < -0.39 is 4.92 Å². The highest BCUT2D eigenvalue weighted by atomic mass is 79.9. The summed E-state index contributed by atoms with van der Waals surface area (Å²) in [5.41, 5.74) is 1.35. The smallest absolute Gasteiger partial charge is 0.291 e. The Labute approximate surface area is 129 Å². The maximum atomic E-state index is 12.9. The molecule has 0 saturated heterocycles. The summed E-state index contributed by atoms with van der Waals surface area (Å²) in [5, 5.41) is 14.0. The van der Waals surface area contributed by atoms with E-state index in [0.717, 1.165) is 5.56 Å². The summed E-state index contributed by atoms with van der Waals surface area (Å²) in [7, 11) is 0. The van der Waals surface area contributed by atoms with Gasteiger partial charge in [0.15, 0.2) is 0 Å². The second-order valence-electron chi connectivity index (χ2n) is 4.61. The van der Waals surface area contributed by atoms with Gasteiger partial charge in [-0.15, -0.1) is 0 Å². The van der Waals surface area contributed by atoms with Crippen LogP contribution in [0.4, 0.5) is 15.9 Å². The van der Waals surface area contributed by atoms with Gasteiger partial charge in [-0.1, -0.05) is 12.1 Å². The third kappa shape index (κ3) is 3.36. The van der Waals surface area contributed by atoms with Crippen molar-refractivity contribution in [2.75, 3.05) is 5.32 Å². The van der Waals surface area contributed by atoms with E-state index in [1.54, 1.807) is 19.1 Å². The topological polar surface area (TPSA) is 68.1 Å². The van der Waals surface area contributed by atoms with Crippen LogP contribution in [0.1, 0.15) is 24.1 Å². The van der Waals surface area contributed by atoms with Gasteiger partial charge in [0.25, 0.3) is 5.69 Å². The molecule has 0 aliphatic carbocycles. The second kappa shape index (κ2) is 6.17. The number of pyridine rings is 1. The van der Waals surface area contributed by atoms with Crippen molar-refractivity contribution < 1.29 is 9.31 Å². The molecule has 5 nitrogen and oxygen atoms in total. The van der Waals surface area contributed by atoms with Crippen LogP contribution in [0.25, 0.3) is 0 Å². The van der Waals surface area contributed by atoms with E-state index >= 15 is 0 Å². The summed E-state index contributed by atoms with van der Waals surface area (Å²) >= 11 is 3.32. The molecular formula is C14H13BrFN3O2. The zero-order valence-electron chi connectivity index (χ0n) is 11.4. The minimum absolute atomic E-state index is 0.0399. The Morgan fingerprint density at radius 1 is 1.38 bits per heavy atom. The van der Waals surface area contributed by atoms with E-state index in [1.165, 1.54) is 18.3 Å². The third-order valence-corrected chi connectivity index (χ3v) is 4.13. The van der Waals surface area contributed by atoms with E-state index in [2.05, 4.69) is 26.2 Å². The molecule has 0 fully saturated rings. The molecule has 0 radical (unpaired) electrons. The van der Waals surface area contributed by atoms with Crippen molar-refractivity contribution in [1.82, 2.24) is 4.98 Å². The molecule has 1 heterocycles. The predicted molar refractivity (Wildman–Crippen MR) is 81.8 cm³/mol. The first-order valence-electron chi connectivity index (χ1n) is 6.21. The molecular weight excluding hydrogens is 341 g/mol. The van der Waals surface area contributed by atoms with Gasteiger partial charge in [0.1, 0.15) is 17.8 Å². The van der Waals surface area contributed by atoms with Gasteiger partial charge >= 0.3 is 0 Å². The molecule has 7 heteroatoms. The van der Waals surface area contributed by atoms with Crippen LogP contribution in [-0.4, -0.2) is 9.91 Å². The van der Waals surface area contributed by atoms with Crippen LogP contribution in [0.3, 0.4) is 0 Å². The zero-order chi connectivity index (χ0) is 15.6. The Bertz CT molecular complexity index is 677. The lowest BCUT2D eigenvalue weighted by Crippen LogP contribution is -2.09. The summed E-state index contributed by atoms with van der Waals surface area (Å²) in [4.78, 5) is 14.4. The van der Waals surface area contributed by atoms with Gasteiger partial charge < -0.3 is 5.32 Å². The Morgan fingerprint density at radius 2 is 2.00 bits per heavy atom. The SMILES string of the molecule is Cc1c([N+](=O)[O-])cnc(NC(C)c2ccc(F)cc2)c1Br. The average molecular weight is 354 g/mol. The first kappa shape index (κ1) is 15.4. The zero-order valence-corrected chi connectivity index (χ0v) is 13.0. The highest BCUT2D eigenvalue weighted by molar-refractivity contribution is 9.10. The van der Waals surface area contributed by atoms with Crippen molar-refractivity contribution in [3.05, 3.63) is 62.0 Å². The lowest BCUT2D eigenvalue weighted by Gasteiger charge is -2.16. The van der Waals surface area contributed by atoms with Gasteiger partial charge in [0, 0.05) is 11.6 Å². The van der Waals surface area contributed by atoms with Crippen LogP contribution in [0.2, 0.25) is 0 Å². The molecule has 2 aromatic rings. The van der Waals surface area contributed by atoms with E-state index in [9.17, 15) is 14.5 Å². The average Bonchev–Trinajstić information content (AvgIpc) is 2.44. The number of aromatic nitrogens is 1. The number of nitrogens with one attached hydrogen (secondary N) is 1. The van der Waals surface area contributed by atoms with E-state index in [-0.39, 0.29) is 17.5 Å². The molecule has 0 aliphatic rings. The van der Waals surface area contributed by atoms with Gasteiger partial charge in [-0.25, -0.2) is 9.37 Å². The fourth-order valence-corrected chi connectivity index (χ4v) is 2.31. The first-order chi connectivity index (χ1) is 9.90. The summed E-state index contributed by atoms with van der Waals surface area (Å²) in [6.45, 7) is 3.55. The van der Waals surface area contributed by atoms with Crippen LogP contribution < -0.4 is 5.32 Å². The van der Waals surface area contributed by atoms with E-state index in [1.807, 2.05) is 6.92 Å². The summed E-state index contributed by atoms with van der Waals surface area (Å²) < 4.78 is 13.5. The van der Waals surface area contributed by atoms with Crippen molar-refractivity contribution >= 4 is 27.4 Å². The van der Waals surface area contributed by atoms with Gasteiger partial charge in [-0.3, -0.25) is 10.1 Å². The molecule has 0 saturated carbocycles. The first-order valence-corrected chi connectivity index (χ1v) is 7.01. The molecule has 1 aromatic carbocycles. The van der Waals surface area contributed by atoms with Crippen molar-refractivity contribution in [3.8, 4) is 0 Å². The number of nitro groups is 1. The molecule has 21 heavy (non-hydrogen) atoms. The van der Waals surface area contributed by atoms with Crippen LogP contribution in [0, 0.1) is 22.9 Å². The number of anilines is 1. The van der Waals surface area contributed by atoms with Crippen LogP contribution in [0.15, 0.2) is 34.9 Å². The lowest BCUT2D eigenvalue weighted by atomic mass is 10.1. The number of hydrogen-bond acceptors (Lipinski definition) is 4. The lowest BCUT2D eigenvalue weighted by molar-refractivity contribution is -0.385. The molecule has 2 rings (SSSR count). The van der Waals surface area contributed by atoms with Crippen LogP contribution in [-0.2, 0) is 0 Å². The summed E-state index contributed by atoms with van der Waals surface area (Å²) in [6, 6.07) is 6.02. The standard InChI is InChI=1S/C14H13BrFN3O2/c1-8-12(19(20)21)7-17-14(13(8)15)18-9(2)10-3-5-11(16)6-4-10/h3-7,9H,1-2H3,(H,17,18). The van der Waals surface area contributed by atoms with Crippen molar-refractivity contribution in [2.45, 2.75) is 19.9 Å². The van der Waals surface area contributed by atoms with Crippen molar-refractivity contribution in [1.29, 1.82) is 0 Å². The normalized spacial score (nSPS) is 12.0. The molecule has 0 aliphatic heterocycles. The van der Waals surface area contributed by atoms with Gasteiger partial charge in [-0.05, 0) is 47.5 Å². The maximum Gasteiger partial charge on any atom is 0.291 e. The highest BCUT2D eigenvalue weighted by Gasteiger charge is 2.18. The van der Waals surface area contributed by atoms with Crippen LogP contribution in [0.5, 0.6) is 0 Å². The summed E-state index contributed by atoms with van der Waals surface area (Å²) in [5.74, 6) is 0.214. The number of rotatable bonds is 4. The van der Waals surface area contributed by atoms with E-state index in [0.29, 0.717) is 15.9 Å². The number of hydrogen-bond donors (Lipinski definition) is 1. The van der Waals surface area contributed by atoms with Crippen molar-refractivity contribution in [2.24, 2.45) is 0 Å².